The second kappa shape index (κ2) is 4.57. The summed E-state index contributed by atoms with van der Waals surface area (Å²) in [6, 6.07) is 10.3. The van der Waals surface area contributed by atoms with Crippen LogP contribution in [0.4, 0.5) is 5.82 Å². The molecule has 23 heavy (non-hydrogen) atoms. The monoisotopic (exact) mass is 307 g/mol. The van der Waals surface area contributed by atoms with E-state index in [1.54, 1.807) is 0 Å². The maximum absolute atomic E-state index is 13.0. The molecule has 4 nitrogen and oxygen atoms in total. The molecule has 2 aliphatic rings. The summed E-state index contributed by atoms with van der Waals surface area (Å²) in [6.07, 6.45) is 3.30. The summed E-state index contributed by atoms with van der Waals surface area (Å²) in [5.74, 6) is 1.14. The van der Waals surface area contributed by atoms with Crippen molar-refractivity contribution in [3.05, 3.63) is 58.9 Å². The number of hydrogen-bond donors (Lipinski definition) is 2. The molecular formula is C19H21N3O. The molecule has 0 spiro atoms. The number of carbonyl (C=O) groups is 1. The van der Waals surface area contributed by atoms with Gasteiger partial charge < -0.3 is 5.32 Å². The molecule has 1 aliphatic heterocycles. The fourth-order valence-corrected chi connectivity index (χ4v) is 4.13. The van der Waals surface area contributed by atoms with Crippen LogP contribution in [0.15, 0.2) is 47.8 Å². The average molecular weight is 307 g/mol. The Balaban J connectivity index is 1.99. The van der Waals surface area contributed by atoms with E-state index in [2.05, 4.69) is 48.4 Å². The van der Waals surface area contributed by atoms with Gasteiger partial charge in [0.25, 0.3) is 0 Å². The number of aromatic amines is 1. The number of hydrogen-bond acceptors (Lipinski definition) is 3. The molecule has 0 amide bonds. The summed E-state index contributed by atoms with van der Waals surface area (Å²) in [7, 11) is 0. The number of H-pyrrole nitrogens is 1. The second-order valence-corrected chi connectivity index (χ2v) is 7.57. The van der Waals surface area contributed by atoms with Crippen LogP contribution in [0.25, 0.3) is 0 Å². The van der Waals surface area contributed by atoms with E-state index >= 15 is 0 Å². The summed E-state index contributed by atoms with van der Waals surface area (Å²) in [4.78, 5) is 13.0. The number of anilines is 1. The number of aromatic nitrogens is 2. The zero-order valence-corrected chi connectivity index (χ0v) is 13.7. The first-order valence-corrected chi connectivity index (χ1v) is 8.05. The maximum atomic E-state index is 13.0. The van der Waals surface area contributed by atoms with Crippen molar-refractivity contribution in [3.63, 3.8) is 0 Å². The van der Waals surface area contributed by atoms with E-state index in [1.807, 2.05) is 24.4 Å². The first-order chi connectivity index (χ1) is 10.9. The molecule has 1 atom stereocenters. The number of Topliss-reactive ketones (excluding diaryl/α,β-unsaturated/α-hetero) is 1. The van der Waals surface area contributed by atoms with Crippen molar-refractivity contribution in [1.29, 1.82) is 0 Å². The molecule has 2 N–H and O–H groups in total. The molecule has 0 bridgehead atoms. The van der Waals surface area contributed by atoms with Crippen molar-refractivity contribution in [3.8, 4) is 0 Å². The van der Waals surface area contributed by atoms with Gasteiger partial charge in [-0.15, -0.1) is 0 Å². The van der Waals surface area contributed by atoms with Crippen LogP contribution in [0, 0.1) is 5.41 Å². The van der Waals surface area contributed by atoms with Gasteiger partial charge in [0.1, 0.15) is 5.82 Å². The first kappa shape index (κ1) is 14.2. The van der Waals surface area contributed by atoms with Gasteiger partial charge in [-0.25, -0.2) is 0 Å². The predicted molar refractivity (Wildman–Crippen MR) is 90.2 cm³/mol. The van der Waals surface area contributed by atoms with Crippen LogP contribution in [0.5, 0.6) is 0 Å². The van der Waals surface area contributed by atoms with Crippen molar-refractivity contribution < 1.29 is 4.79 Å². The third kappa shape index (κ3) is 1.97. The van der Waals surface area contributed by atoms with Crippen LogP contribution in [-0.2, 0) is 10.2 Å². The van der Waals surface area contributed by atoms with Gasteiger partial charge in [-0.3, -0.25) is 9.89 Å². The van der Waals surface area contributed by atoms with Crippen LogP contribution in [0.3, 0.4) is 0 Å². The van der Waals surface area contributed by atoms with Crippen molar-refractivity contribution in [2.45, 2.75) is 39.0 Å². The summed E-state index contributed by atoms with van der Waals surface area (Å²) in [5.41, 5.74) is 3.63. The van der Waals surface area contributed by atoms with Crippen LogP contribution < -0.4 is 5.32 Å². The minimum absolute atomic E-state index is 0.0158. The minimum Gasteiger partial charge on any atom is -0.343 e. The Kier molecular flexibility index (Phi) is 2.83. The van der Waals surface area contributed by atoms with E-state index in [4.69, 9.17) is 0 Å². The Morgan fingerprint density at radius 3 is 2.57 bits per heavy atom. The summed E-state index contributed by atoms with van der Waals surface area (Å²) < 4.78 is 0. The van der Waals surface area contributed by atoms with Gasteiger partial charge in [0.2, 0.25) is 0 Å². The lowest BCUT2D eigenvalue weighted by molar-refractivity contribution is -0.118. The zero-order chi connectivity index (χ0) is 16.2. The number of allylic oxidation sites excluding steroid dienone is 2. The van der Waals surface area contributed by atoms with Gasteiger partial charge in [0.05, 0.1) is 11.6 Å². The Morgan fingerprint density at radius 2 is 1.83 bits per heavy atom. The number of nitrogens with zero attached hydrogens (tertiary/aromatic N) is 1. The second-order valence-electron chi connectivity index (χ2n) is 7.57. The van der Waals surface area contributed by atoms with Crippen LogP contribution in [0.2, 0.25) is 0 Å². The molecule has 0 radical (unpaired) electrons. The Hall–Kier alpha value is -2.36. The largest absolute Gasteiger partial charge is 0.343 e. The summed E-state index contributed by atoms with van der Waals surface area (Å²) in [5, 5.41) is 10.7. The van der Waals surface area contributed by atoms with Crippen molar-refractivity contribution >= 4 is 11.6 Å². The number of carbonyl (C=O) groups excluding carboxylic acids is 1. The van der Waals surface area contributed by atoms with Crippen LogP contribution in [0.1, 0.15) is 44.7 Å². The zero-order valence-electron chi connectivity index (χ0n) is 13.7. The lowest BCUT2D eigenvalue weighted by atomic mass is 9.62. The highest BCUT2D eigenvalue weighted by molar-refractivity contribution is 6.02. The minimum atomic E-state index is -0.461. The lowest BCUT2D eigenvalue weighted by Crippen LogP contribution is -2.41. The highest BCUT2D eigenvalue weighted by atomic mass is 16.1. The molecular weight excluding hydrogens is 286 g/mol. The Bertz CT molecular complexity index is 816. The van der Waals surface area contributed by atoms with Crippen molar-refractivity contribution in [2.24, 2.45) is 5.41 Å². The van der Waals surface area contributed by atoms with E-state index in [0.29, 0.717) is 6.42 Å². The molecule has 1 aromatic heterocycles. The van der Waals surface area contributed by atoms with Crippen LogP contribution in [-0.4, -0.2) is 16.0 Å². The van der Waals surface area contributed by atoms with E-state index in [0.717, 1.165) is 34.6 Å². The van der Waals surface area contributed by atoms with Gasteiger partial charge >= 0.3 is 0 Å². The van der Waals surface area contributed by atoms with Gasteiger partial charge in [0, 0.05) is 23.3 Å². The number of benzene rings is 1. The molecule has 2 aromatic rings. The highest BCUT2D eigenvalue weighted by Crippen LogP contribution is 2.51. The molecule has 118 valence electrons. The van der Waals surface area contributed by atoms with E-state index < -0.39 is 5.41 Å². The quantitative estimate of drug-likeness (QED) is 0.843. The molecule has 4 heteroatoms. The molecule has 0 fully saturated rings. The number of fused-ring (bicyclic) bond motifs is 1. The topological polar surface area (TPSA) is 57.8 Å². The number of ketones is 1. The molecule has 1 aliphatic carbocycles. The third-order valence-corrected chi connectivity index (χ3v) is 5.18. The van der Waals surface area contributed by atoms with Gasteiger partial charge in [0.15, 0.2) is 5.78 Å². The third-order valence-electron chi connectivity index (χ3n) is 5.18. The predicted octanol–water partition coefficient (Wildman–Crippen LogP) is 3.78. The van der Waals surface area contributed by atoms with Crippen LogP contribution >= 0.6 is 0 Å². The van der Waals surface area contributed by atoms with Gasteiger partial charge in [-0.2, -0.15) is 5.10 Å². The number of nitrogens with one attached hydrogen (secondary N) is 2. The van der Waals surface area contributed by atoms with E-state index in [9.17, 15) is 4.79 Å². The maximum Gasteiger partial charge on any atom is 0.162 e. The standard InChI is InChI=1S/C19H21N3O/c1-18(2)9-14-16(15(23)10-18)19(3,12-7-5-4-6-8-12)13-11-20-22-17(13)21-14/h4-8,11H,9-10H2,1-3H3,(H2,20,21,22)/t19-/m1/s1. The molecule has 1 aromatic carbocycles. The summed E-state index contributed by atoms with van der Waals surface area (Å²) in [6.45, 7) is 6.44. The van der Waals surface area contributed by atoms with Gasteiger partial charge in [-0.1, -0.05) is 44.2 Å². The molecule has 2 heterocycles. The summed E-state index contributed by atoms with van der Waals surface area (Å²) >= 11 is 0. The fourth-order valence-electron chi connectivity index (χ4n) is 4.13. The normalized spacial score (nSPS) is 25.6. The number of rotatable bonds is 1. The fraction of sp³-hybridized carbons (Fsp3) is 0.368. The first-order valence-electron chi connectivity index (χ1n) is 8.05. The smallest absolute Gasteiger partial charge is 0.162 e. The molecule has 0 unspecified atom stereocenters. The van der Waals surface area contributed by atoms with Crippen molar-refractivity contribution in [1.82, 2.24) is 10.2 Å². The lowest BCUT2D eigenvalue weighted by Gasteiger charge is -2.43. The highest BCUT2D eigenvalue weighted by Gasteiger charge is 2.48. The SMILES string of the molecule is CC1(C)CC(=O)C2=C(C1)Nc1[nH]ncc1[C@@]2(C)c1ccccc1. The van der Waals surface area contributed by atoms with E-state index in [-0.39, 0.29) is 11.2 Å². The van der Waals surface area contributed by atoms with E-state index in [1.165, 1.54) is 0 Å². The molecule has 0 saturated heterocycles. The Morgan fingerprint density at radius 1 is 1.09 bits per heavy atom. The average Bonchev–Trinajstić information content (AvgIpc) is 2.95. The molecule has 4 rings (SSSR count). The van der Waals surface area contributed by atoms with Gasteiger partial charge in [-0.05, 0) is 24.3 Å². The molecule has 0 saturated carbocycles. The Labute approximate surface area is 136 Å². The van der Waals surface area contributed by atoms with Crippen molar-refractivity contribution in [2.75, 3.05) is 5.32 Å².